The average molecular weight is 307 g/mol. The molecule has 1 N–H and O–H groups in total. The van der Waals surface area contributed by atoms with Crippen LogP contribution < -0.4 is 0 Å². The quantitative estimate of drug-likeness (QED) is 0.918. The van der Waals surface area contributed by atoms with Crippen LogP contribution in [0.25, 0.3) is 0 Å². The molecular formula is C15H17NO4S. The maximum Gasteiger partial charge on any atom is 0.339 e. The summed E-state index contributed by atoms with van der Waals surface area (Å²) < 4.78 is 5.41. The number of carboxylic acids is 1. The van der Waals surface area contributed by atoms with E-state index in [9.17, 15) is 9.59 Å². The van der Waals surface area contributed by atoms with Crippen LogP contribution in [0.1, 0.15) is 51.4 Å². The Morgan fingerprint density at radius 1 is 1.48 bits per heavy atom. The fourth-order valence-corrected chi connectivity index (χ4v) is 2.87. The van der Waals surface area contributed by atoms with Crippen LogP contribution in [0.15, 0.2) is 28.0 Å². The van der Waals surface area contributed by atoms with Gasteiger partial charge in [-0.25, -0.2) is 4.79 Å². The van der Waals surface area contributed by atoms with E-state index >= 15 is 0 Å². The molecule has 1 atom stereocenters. The van der Waals surface area contributed by atoms with Crippen molar-refractivity contribution in [3.05, 3.63) is 45.5 Å². The lowest BCUT2D eigenvalue weighted by Crippen LogP contribution is -2.28. The van der Waals surface area contributed by atoms with Gasteiger partial charge in [-0.3, -0.25) is 4.79 Å². The van der Waals surface area contributed by atoms with Gasteiger partial charge in [0.25, 0.3) is 5.91 Å². The number of aryl methyl sites for hydroxylation is 1. The summed E-state index contributed by atoms with van der Waals surface area (Å²) in [7, 11) is 1.68. The Morgan fingerprint density at radius 2 is 2.19 bits per heavy atom. The first-order chi connectivity index (χ1) is 9.95. The minimum Gasteiger partial charge on any atom is -0.478 e. The third-order valence-corrected chi connectivity index (χ3v) is 4.47. The summed E-state index contributed by atoms with van der Waals surface area (Å²) >= 11 is 1.57. The van der Waals surface area contributed by atoms with Crippen molar-refractivity contribution in [1.29, 1.82) is 0 Å². The largest absolute Gasteiger partial charge is 0.478 e. The van der Waals surface area contributed by atoms with Gasteiger partial charge < -0.3 is 14.4 Å². The van der Waals surface area contributed by atoms with Crippen molar-refractivity contribution in [2.24, 2.45) is 0 Å². The van der Waals surface area contributed by atoms with Gasteiger partial charge in [-0.2, -0.15) is 0 Å². The van der Waals surface area contributed by atoms with Crippen LogP contribution in [0.3, 0.4) is 0 Å². The van der Waals surface area contributed by atoms with Gasteiger partial charge >= 0.3 is 5.97 Å². The van der Waals surface area contributed by atoms with Gasteiger partial charge in [0.2, 0.25) is 0 Å². The molecular weight excluding hydrogens is 290 g/mol. The lowest BCUT2D eigenvalue weighted by molar-refractivity contribution is 0.0689. The highest BCUT2D eigenvalue weighted by Gasteiger charge is 2.25. The molecule has 1 unspecified atom stereocenters. The van der Waals surface area contributed by atoms with Gasteiger partial charge in [-0.05, 0) is 18.4 Å². The molecule has 2 aromatic heterocycles. The van der Waals surface area contributed by atoms with E-state index in [0.29, 0.717) is 12.2 Å². The van der Waals surface area contributed by atoms with Crippen molar-refractivity contribution >= 4 is 23.2 Å². The number of furan rings is 1. The van der Waals surface area contributed by atoms with Crippen molar-refractivity contribution in [1.82, 2.24) is 4.90 Å². The molecule has 0 fully saturated rings. The van der Waals surface area contributed by atoms with Gasteiger partial charge in [0.15, 0.2) is 5.76 Å². The molecule has 0 bridgehead atoms. The van der Waals surface area contributed by atoms with Crippen LogP contribution in [0.4, 0.5) is 0 Å². The van der Waals surface area contributed by atoms with E-state index in [4.69, 9.17) is 9.52 Å². The Labute approximate surface area is 126 Å². The molecule has 0 aliphatic rings. The zero-order valence-corrected chi connectivity index (χ0v) is 12.9. The minimum atomic E-state index is -1.08. The zero-order valence-electron chi connectivity index (χ0n) is 12.1. The molecule has 21 heavy (non-hydrogen) atoms. The maximum atomic E-state index is 12.4. The number of carbonyl (C=O) groups excluding carboxylic acids is 1. The fourth-order valence-electron chi connectivity index (χ4n) is 2.05. The second-order valence-electron chi connectivity index (χ2n) is 4.71. The van der Waals surface area contributed by atoms with Crippen molar-refractivity contribution in [2.75, 3.05) is 7.05 Å². The van der Waals surface area contributed by atoms with E-state index in [0.717, 1.165) is 4.88 Å². The third kappa shape index (κ3) is 3.00. The van der Waals surface area contributed by atoms with Crippen molar-refractivity contribution in [3.8, 4) is 0 Å². The molecule has 2 heterocycles. The molecule has 0 aliphatic heterocycles. The smallest absolute Gasteiger partial charge is 0.339 e. The summed E-state index contributed by atoms with van der Waals surface area (Å²) in [6, 6.07) is 5.10. The van der Waals surface area contributed by atoms with Crippen molar-refractivity contribution in [3.63, 3.8) is 0 Å². The molecule has 5 nitrogen and oxygen atoms in total. The second-order valence-corrected chi connectivity index (χ2v) is 5.69. The second kappa shape index (κ2) is 6.13. The molecule has 0 radical (unpaired) electrons. The van der Waals surface area contributed by atoms with Crippen LogP contribution in [-0.2, 0) is 6.42 Å². The molecule has 0 saturated heterocycles. The lowest BCUT2D eigenvalue weighted by Gasteiger charge is -2.22. The number of amides is 1. The molecule has 2 rings (SSSR count). The number of thiophene rings is 1. The van der Waals surface area contributed by atoms with E-state index < -0.39 is 5.97 Å². The summed E-state index contributed by atoms with van der Waals surface area (Å²) in [6.07, 6.45) is 0.430. The Balaban J connectivity index is 2.25. The van der Waals surface area contributed by atoms with Crippen LogP contribution in [0, 0.1) is 0 Å². The maximum absolute atomic E-state index is 12.4. The monoisotopic (exact) mass is 307 g/mol. The van der Waals surface area contributed by atoms with Crippen molar-refractivity contribution < 1.29 is 19.1 Å². The van der Waals surface area contributed by atoms with E-state index in [1.807, 2.05) is 24.4 Å². The number of aromatic carboxylic acids is 1. The van der Waals surface area contributed by atoms with E-state index in [-0.39, 0.29) is 23.3 Å². The number of carboxylic acid groups (broad SMARTS) is 1. The highest BCUT2D eigenvalue weighted by Crippen LogP contribution is 2.26. The van der Waals surface area contributed by atoms with E-state index in [2.05, 4.69) is 0 Å². The van der Waals surface area contributed by atoms with Crippen molar-refractivity contribution in [2.45, 2.75) is 26.3 Å². The number of rotatable bonds is 5. The molecule has 0 aromatic carbocycles. The third-order valence-electron chi connectivity index (χ3n) is 3.43. The minimum absolute atomic E-state index is 0.0537. The molecule has 0 saturated carbocycles. The molecule has 6 heteroatoms. The Bertz CT molecular complexity index is 645. The SMILES string of the molecule is CCc1oc(C(=O)N(C)C(C)c2cccs2)cc1C(=O)O. The fraction of sp³-hybridized carbons (Fsp3) is 0.333. The van der Waals surface area contributed by atoms with E-state index in [1.165, 1.54) is 6.07 Å². The van der Waals surface area contributed by atoms with Gasteiger partial charge in [0.1, 0.15) is 11.3 Å². The highest BCUT2D eigenvalue weighted by molar-refractivity contribution is 7.10. The van der Waals surface area contributed by atoms with Gasteiger partial charge in [0.05, 0.1) is 6.04 Å². The topological polar surface area (TPSA) is 70.8 Å². The summed E-state index contributed by atoms with van der Waals surface area (Å²) in [5.74, 6) is -1.01. The normalized spacial score (nSPS) is 12.1. The zero-order chi connectivity index (χ0) is 15.6. The van der Waals surface area contributed by atoms with Gasteiger partial charge in [0, 0.05) is 24.4 Å². The molecule has 1 amide bonds. The van der Waals surface area contributed by atoms with Gasteiger partial charge in [-0.15, -0.1) is 11.3 Å². The van der Waals surface area contributed by atoms with E-state index in [1.54, 1.807) is 30.2 Å². The van der Waals surface area contributed by atoms with Crippen LogP contribution in [-0.4, -0.2) is 28.9 Å². The summed E-state index contributed by atoms with van der Waals surface area (Å²) in [5.41, 5.74) is 0.0537. The lowest BCUT2D eigenvalue weighted by atomic mass is 10.2. The van der Waals surface area contributed by atoms with Crippen LogP contribution in [0.2, 0.25) is 0 Å². The predicted molar refractivity (Wildman–Crippen MR) is 79.9 cm³/mol. The number of carbonyl (C=O) groups is 2. The first-order valence-corrected chi connectivity index (χ1v) is 7.50. The Morgan fingerprint density at radius 3 is 2.67 bits per heavy atom. The van der Waals surface area contributed by atoms with Crippen LogP contribution in [0.5, 0.6) is 0 Å². The van der Waals surface area contributed by atoms with Gasteiger partial charge in [-0.1, -0.05) is 13.0 Å². The number of hydrogen-bond acceptors (Lipinski definition) is 4. The Kier molecular flexibility index (Phi) is 4.47. The summed E-state index contributed by atoms with van der Waals surface area (Å²) in [6.45, 7) is 3.71. The molecule has 0 aliphatic carbocycles. The predicted octanol–water partition coefficient (Wildman–Crippen LogP) is 3.43. The van der Waals surface area contributed by atoms with Crippen LogP contribution >= 0.6 is 11.3 Å². The Hall–Kier alpha value is -2.08. The first-order valence-electron chi connectivity index (χ1n) is 6.62. The average Bonchev–Trinajstić information content (AvgIpc) is 3.13. The summed E-state index contributed by atoms with van der Waals surface area (Å²) in [4.78, 5) is 26.2. The molecule has 112 valence electrons. The molecule has 2 aromatic rings. The molecule has 0 spiro atoms. The first kappa shape index (κ1) is 15.3. The highest BCUT2D eigenvalue weighted by atomic mass is 32.1. The number of hydrogen-bond donors (Lipinski definition) is 1. The number of nitrogens with zero attached hydrogens (tertiary/aromatic N) is 1. The summed E-state index contributed by atoms with van der Waals surface area (Å²) in [5, 5.41) is 11.1. The standard InChI is InChI=1S/C15H17NO4S/c1-4-11-10(15(18)19)8-12(20-11)14(17)16(3)9(2)13-6-5-7-21-13/h5-9H,4H2,1-3H3,(H,18,19).